The van der Waals surface area contributed by atoms with Gasteiger partial charge in [-0.2, -0.15) is 0 Å². The van der Waals surface area contributed by atoms with Gasteiger partial charge in [-0.3, -0.25) is 9.59 Å². The van der Waals surface area contributed by atoms with Gasteiger partial charge in [0.2, 0.25) is 21.8 Å². The van der Waals surface area contributed by atoms with Crippen molar-refractivity contribution in [1.82, 2.24) is 15.4 Å². The topological polar surface area (TPSA) is 114 Å². The van der Waals surface area contributed by atoms with Crippen molar-refractivity contribution in [3.05, 3.63) is 29.3 Å². The third-order valence-electron chi connectivity index (χ3n) is 5.26. The lowest BCUT2D eigenvalue weighted by atomic mass is 9.81. The van der Waals surface area contributed by atoms with Gasteiger partial charge in [0.25, 0.3) is 0 Å². The molecule has 1 aromatic carbocycles. The number of carbonyl (C=O) groups excluding carboxylic acids is 2. The van der Waals surface area contributed by atoms with Crippen LogP contribution in [0.1, 0.15) is 32.6 Å². The lowest BCUT2D eigenvalue weighted by Crippen LogP contribution is -2.47. The maximum absolute atomic E-state index is 12.4. The maximum Gasteiger partial charge on any atom is 0.242 e. The van der Waals surface area contributed by atoms with E-state index in [0.717, 1.165) is 12.8 Å². The van der Waals surface area contributed by atoms with Crippen LogP contribution < -0.4 is 15.4 Å². The third kappa shape index (κ3) is 7.54. The van der Waals surface area contributed by atoms with Gasteiger partial charge >= 0.3 is 0 Å². The third-order valence-corrected chi connectivity index (χ3v) is 6.95. The first-order valence-electron chi connectivity index (χ1n) is 10.0. The average molecular weight is 460 g/mol. The van der Waals surface area contributed by atoms with Gasteiger partial charge in [0, 0.05) is 31.1 Å². The Morgan fingerprint density at radius 3 is 2.40 bits per heavy atom. The van der Waals surface area contributed by atoms with E-state index in [1.165, 1.54) is 12.1 Å². The summed E-state index contributed by atoms with van der Waals surface area (Å²) >= 11 is 5.80. The van der Waals surface area contributed by atoms with E-state index in [0.29, 0.717) is 37.6 Å². The smallest absolute Gasteiger partial charge is 0.242 e. The number of nitrogens with one attached hydrogen (secondary N) is 3. The molecule has 10 heteroatoms. The van der Waals surface area contributed by atoms with Crippen LogP contribution in [-0.4, -0.2) is 53.1 Å². The summed E-state index contributed by atoms with van der Waals surface area (Å²) in [4.78, 5) is 24.6. The Bertz CT molecular complexity index is 808. The molecule has 1 fully saturated rings. The minimum absolute atomic E-state index is 0.135. The van der Waals surface area contributed by atoms with Crippen molar-refractivity contribution in [3.63, 3.8) is 0 Å². The zero-order valence-electron chi connectivity index (χ0n) is 17.3. The number of ether oxygens (including phenoxy) is 1. The standard InChI is InChI=1S/C20H30ClN3O5S/c1-14(19(25)22-11-12-29-2)24-20(26)16-5-3-15(4-6-16)13-23-30(27,28)18-9-7-17(21)8-10-18/h7-10,14-16,23H,3-6,11-13H2,1-2H3,(H,22,25)(H,24,26)/t14-,15?,16?/m0/s1. The molecule has 0 radical (unpaired) electrons. The molecule has 0 bridgehead atoms. The molecule has 30 heavy (non-hydrogen) atoms. The molecule has 2 amide bonds. The van der Waals surface area contributed by atoms with Crippen LogP contribution in [0.2, 0.25) is 5.02 Å². The quantitative estimate of drug-likeness (QED) is 0.461. The Kier molecular flexibility index (Phi) is 9.54. The monoisotopic (exact) mass is 459 g/mol. The second-order valence-corrected chi connectivity index (χ2v) is 9.74. The highest BCUT2D eigenvalue weighted by Gasteiger charge is 2.28. The molecule has 0 unspecified atom stereocenters. The minimum Gasteiger partial charge on any atom is -0.383 e. The summed E-state index contributed by atoms with van der Waals surface area (Å²) in [5.41, 5.74) is 0. The van der Waals surface area contributed by atoms with E-state index in [9.17, 15) is 18.0 Å². The first kappa shape index (κ1) is 24.6. The summed E-state index contributed by atoms with van der Waals surface area (Å²) in [6.07, 6.45) is 2.82. The van der Waals surface area contributed by atoms with Crippen molar-refractivity contribution < 1.29 is 22.7 Å². The van der Waals surface area contributed by atoms with E-state index < -0.39 is 16.1 Å². The Balaban J connectivity index is 1.74. The van der Waals surface area contributed by atoms with Crippen molar-refractivity contribution >= 4 is 33.4 Å². The van der Waals surface area contributed by atoms with E-state index in [1.54, 1.807) is 26.2 Å². The SMILES string of the molecule is COCCNC(=O)[C@H](C)NC(=O)C1CCC(CNS(=O)(=O)c2ccc(Cl)cc2)CC1. The molecule has 2 rings (SSSR count). The maximum atomic E-state index is 12.4. The fourth-order valence-electron chi connectivity index (χ4n) is 3.38. The van der Waals surface area contributed by atoms with Gasteiger partial charge in [-0.05, 0) is 62.8 Å². The van der Waals surface area contributed by atoms with Gasteiger partial charge in [-0.1, -0.05) is 11.6 Å². The molecule has 0 heterocycles. The number of benzene rings is 1. The summed E-state index contributed by atoms with van der Waals surface area (Å²) in [7, 11) is -2.03. The summed E-state index contributed by atoms with van der Waals surface area (Å²) in [6, 6.07) is 5.41. The molecular weight excluding hydrogens is 430 g/mol. The average Bonchev–Trinajstić information content (AvgIpc) is 2.73. The molecule has 1 aliphatic carbocycles. The summed E-state index contributed by atoms with van der Waals surface area (Å²) < 4.78 is 32.3. The summed E-state index contributed by atoms with van der Waals surface area (Å²) in [6.45, 7) is 2.79. The molecule has 0 aliphatic heterocycles. The molecule has 0 spiro atoms. The van der Waals surface area contributed by atoms with E-state index in [1.807, 2.05) is 0 Å². The van der Waals surface area contributed by atoms with Crippen molar-refractivity contribution in [1.29, 1.82) is 0 Å². The molecule has 0 aromatic heterocycles. The number of amides is 2. The van der Waals surface area contributed by atoms with Gasteiger partial charge in [0.15, 0.2) is 0 Å². The van der Waals surface area contributed by atoms with E-state index in [4.69, 9.17) is 16.3 Å². The normalized spacial score (nSPS) is 20.4. The van der Waals surface area contributed by atoms with Crippen LogP contribution >= 0.6 is 11.6 Å². The zero-order valence-corrected chi connectivity index (χ0v) is 18.9. The Hall–Kier alpha value is -1.68. The number of hydrogen-bond donors (Lipinski definition) is 3. The van der Waals surface area contributed by atoms with Gasteiger partial charge in [0.1, 0.15) is 6.04 Å². The van der Waals surface area contributed by atoms with Crippen LogP contribution in [0.4, 0.5) is 0 Å². The van der Waals surface area contributed by atoms with E-state index in [2.05, 4.69) is 15.4 Å². The van der Waals surface area contributed by atoms with Crippen molar-refractivity contribution in [2.24, 2.45) is 11.8 Å². The molecule has 8 nitrogen and oxygen atoms in total. The van der Waals surface area contributed by atoms with Crippen molar-refractivity contribution in [3.8, 4) is 0 Å². The van der Waals surface area contributed by atoms with Crippen LogP contribution in [-0.2, 0) is 24.3 Å². The van der Waals surface area contributed by atoms with Crippen LogP contribution in [0.3, 0.4) is 0 Å². The van der Waals surface area contributed by atoms with E-state index >= 15 is 0 Å². The molecule has 1 aliphatic rings. The van der Waals surface area contributed by atoms with Gasteiger partial charge in [-0.25, -0.2) is 13.1 Å². The van der Waals surface area contributed by atoms with Crippen LogP contribution in [0, 0.1) is 11.8 Å². The second-order valence-electron chi connectivity index (χ2n) is 7.54. The van der Waals surface area contributed by atoms with Crippen LogP contribution in [0.15, 0.2) is 29.2 Å². The first-order valence-corrected chi connectivity index (χ1v) is 11.9. The Morgan fingerprint density at radius 1 is 1.17 bits per heavy atom. The lowest BCUT2D eigenvalue weighted by molar-refractivity contribution is -0.131. The number of rotatable bonds is 10. The molecule has 1 saturated carbocycles. The zero-order chi connectivity index (χ0) is 22.1. The molecule has 3 N–H and O–H groups in total. The fraction of sp³-hybridized carbons (Fsp3) is 0.600. The van der Waals surface area contributed by atoms with Gasteiger partial charge in [-0.15, -0.1) is 0 Å². The summed E-state index contributed by atoms with van der Waals surface area (Å²) in [5.74, 6) is -0.371. The first-order chi connectivity index (χ1) is 14.2. The highest BCUT2D eigenvalue weighted by molar-refractivity contribution is 7.89. The molecule has 0 saturated heterocycles. The predicted molar refractivity (Wildman–Crippen MR) is 115 cm³/mol. The summed E-state index contributed by atoms with van der Waals surface area (Å²) in [5, 5.41) is 5.93. The molecular formula is C20H30ClN3O5S. The van der Waals surface area contributed by atoms with Crippen LogP contribution in [0.5, 0.6) is 0 Å². The van der Waals surface area contributed by atoms with Crippen LogP contribution in [0.25, 0.3) is 0 Å². The Labute approximate surface area is 183 Å². The van der Waals surface area contributed by atoms with Gasteiger partial charge < -0.3 is 15.4 Å². The molecule has 1 atom stereocenters. The highest BCUT2D eigenvalue weighted by Crippen LogP contribution is 2.29. The number of sulfonamides is 1. The van der Waals surface area contributed by atoms with Gasteiger partial charge in [0.05, 0.1) is 11.5 Å². The Morgan fingerprint density at radius 2 is 1.80 bits per heavy atom. The molecule has 1 aromatic rings. The highest BCUT2D eigenvalue weighted by atomic mass is 35.5. The van der Waals surface area contributed by atoms with Crippen molar-refractivity contribution in [2.45, 2.75) is 43.5 Å². The lowest BCUT2D eigenvalue weighted by Gasteiger charge is -2.28. The number of halogens is 1. The van der Waals surface area contributed by atoms with E-state index in [-0.39, 0.29) is 28.5 Å². The predicted octanol–water partition coefficient (Wildman–Crippen LogP) is 1.69. The van der Waals surface area contributed by atoms with Crippen molar-refractivity contribution in [2.75, 3.05) is 26.8 Å². The number of methoxy groups -OCH3 is 1. The molecule has 168 valence electrons. The largest absolute Gasteiger partial charge is 0.383 e. The fourth-order valence-corrected chi connectivity index (χ4v) is 4.62. The second kappa shape index (κ2) is 11.6. The number of carbonyl (C=O) groups is 2. The minimum atomic E-state index is -3.58. The number of hydrogen-bond acceptors (Lipinski definition) is 5.